The van der Waals surface area contributed by atoms with E-state index in [1.54, 1.807) is 11.8 Å². The lowest BCUT2D eigenvalue weighted by Crippen LogP contribution is -2.45. The topological polar surface area (TPSA) is 93.1 Å². The molecule has 0 spiro atoms. The number of piperidine rings is 1. The Morgan fingerprint density at radius 2 is 1.96 bits per heavy atom. The molecule has 1 saturated heterocycles. The van der Waals surface area contributed by atoms with E-state index in [9.17, 15) is 19.5 Å². The minimum Gasteiger partial charge on any atom is -0.507 e. The number of hydrogen-bond acceptors (Lipinski definition) is 6. The Morgan fingerprint density at radius 1 is 1.31 bits per heavy atom. The van der Waals surface area contributed by atoms with Gasteiger partial charge in [-0.3, -0.25) is 9.59 Å². The average Bonchev–Trinajstić information content (AvgIpc) is 2.63. The molecule has 1 fully saturated rings. The summed E-state index contributed by atoms with van der Waals surface area (Å²) in [6, 6.07) is 4.00. The number of nitrogens with zero attached hydrogens (tertiary/aromatic N) is 1. The summed E-state index contributed by atoms with van der Waals surface area (Å²) in [6.45, 7) is 4.35. The fraction of sp³-hybridized carbons (Fsp3) is 0.500. The summed E-state index contributed by atoms with van der Waals surface area (Å²) in [6.07, 6.45) is 0.0145. The SMILES string of the molecule is CCOC(=O)C1CCN(C(=O)C(C)OC(=O)c2cc(Cl)ccc2O)CC1. The molecule has 1 heterocycles. The number of rotatable bonds is 5. The van der Waals surface area contributed by atoms with Crippen LogP contribution in [0.4, 0.5) is 0 Å². The summed E-state index contributed by atoms with van der Waals surface area (Å²) in [7, 11) is 0. The number of amides is 1. The molecular formula is C18H22ClNO6. The van der Waals surface area contributed by atoms with Crippen molar-refractivity contribution in [2.45, 2.75) is 32.8 Å². The fourth-order valence-electron chi connectivity index (χ4n) is 2.80. The maximum Gasteiger partial charge on any atom is 0.342 e. The summed E-state index contributed by atoms with van der Waals surface area (Å²) >= 11 is 5.81. The number of aromatic hydroxyl groups is 1. The van der Waals surface area contributed by atoms with Crippen LogP contribution in [-0.4, -0.2) is 53.7 Å². The van der Waals surface area contributed by atoms with Crippen LogP contribution in [0.2, 0.25) is 5.02 Å². The number of phenolic OH excluding ortho intramolecular Hbond substituents is 1. The molecule has 0 saturated carbocycles. The van der Waals surface area contributed by atoms with Gasteiger partial charge in [0.05, 0.1) is 12.5 Å². The number of ether oxygens (including phenoxy) is 2. The van der Waals surface area contributed by atoms with Crippen LogP contribution < -0.4 is 0 Å². The molecule has 0 radical (unpaired) electrons. The first-order chi connectivity index (χ1) is 12.3. The number of esters is 2. The zero-order valence-electron chi connectivity index (χ0n) is 14.7. The number of phenols is 1. The Balaban J connectivity index is 1.91. The first-order valence-corrected chi connectivity index (χ1v) is 8.86. The van der Waals surface area contributed by atoms with Crippen molar-refractivity contribution in [3.63, 3.8) is 0 Å². The summed E-state index contributed by atoms with van der Waals surface area (Å²) in [5.74, 6) is -1.89. The molecule has 26 heavy (non-hydrogen) atoms. The normalized spacial score (nSPS) is 16.0. The van der Waals surface area contributed by atoms with E-state index in [1.807, 2.05) is 0 Å². The summed E-state index contributed by atoms with van der Waals surface area (Å²) < 4.78 is 10.2. The van der Waals surface area contributed by atoms with Gasteiger partial charge in [-0.1, -0.05) is 11.6 Å². The maximum absolute atomic E-state index is 12.5. The van der Waals surface area contributed by atoms with E-state index < -0.39 is 12.1 Å². The maximum atomic E-state index is 12.5. The average molecular weight is 384 g/mol. The standard InChI is InChI=1S/C18H22ClNO6/c1-3-25-17(23)12-6-8-20(9-7-12)16(22)11(2)26-18(24)14-10-13(19)4-5-15(14)21/h4-5,10-12,21H,3,6-9H2,1-2H3. The number of benzene rings is 1. The van der Waals surface area contributed by atoms with E-state index in [0.29, 0.717) is 32.5 Å². The third kappa shape index (κ3) is 4.88. The first-order valence-electron chi connectivity index (χ1n) is 8.48. The molecular weight excluding hydrogens is 362 g/mol. The van der Waals surface area contributed by atoms with E-state index in [0.717, 1.165) is 0 Å². The Kier molecular flexibility index (Phi) is 6.85. The third-order valence-corrected chi connectivity index (χ3v) is 4.47. The molecule has 1 aliphatic rings. The molecule has 1 unspecified atom stereocenters. The zero-order valence-corrected chi connectivity index (χ0v) is 15.5. The monoisotopic (exact) mass is 383 g/mol. The van der Waals surface area contributed by atoms with Crippen molar-refractivity contribution in [2.75, 3.05) is 19.7 Å². The first kappa shape index (κ1) is 20.0. The lowest BCUT2D eigenvalue weighted by molar-refractivity contribution is -0.152. The van der Waals surface area contributed by atoms with E-state index in [2.05, 4.69) is 0 Å². The van der Waals surface area contributed by atoms with Gasteiger partial charge in [0.25, 0.3) is 5.91 Å². The van der Waals surface area contributed by atoms with Gasteiger partial charge in [-0.2, -0.15) is 0 Å². The summed E-state index contributed by atoms with van der Waals surface area (Å²) in [4.78, 5) is 37.9. The second-order valence-corrected chi connectivity index (χ2v) is 6.50. The van der Waals surface area contributed by atoms with Crippen molar-refractivity contribution in [1.29, 1.82) is 0 Å². The van der Waals surface area contributed by atoms with Gasteiger partial charge < -0.3 is 19.5 Å². The minimum atomic E-state index is -1.01. The summed E-state index contributed by atoms with van der Waals surface area (Å²) in [5, 5.41) is 10.0. The Hall–Kier alpha value is -2.28. The molecule has 0 aromatic heterocycles. The molecule has 1 aromatic carbocycles. The van der Waals surface area contributed by atoms with Crippen LogP contribution in [0.25, 0.3) is 0 Å². The predicted octanol–water partition coefficient (Wildman–Crippen LogP) is 2.39. The van der Waals surface area contributed by atoms with E-state index >= 15 is 0 Å². The molecule has 1 atom stereocenters. The minimum absolute atomic E-state index is 0.0989. The van der Waals surface area contributed by atoms with Crippen molar-refractivity contribution in [3.8, 4) is 5.75 Å². The second kappa shape index (κ2) is 8.89. The predicted molar refractivity (Wildman–Crippen MR) is 93.9 cm³/mol. The molecule has 142 valence electrons. The van der Waals surface area contributed by atoms with Crippen LogP contribution in [-0.2, 0) is 19.1 Å². The smallest absolute Gasteiger partial charge is 0.342 e. The van der Waals surface area contributed by atoms with Crippen LogP contribution in [0.3, 0.4) is 0 Å². The molecule has 7 nitrogen and oxygen atoms in total. The van der Waals surface area contributed by atoms with Crippen molar-refractivity contribution >= 4 is 29.4 Å². The van der Waals surface area contributed by atoms with E-state index in [-0.39, 0.29) is 34.1 Å². The number of hydrogen-bond donors (Lipinski definition) is 1. The van der Waals surface area contributed by atoms with Crippen molar-refractivity contribution in [1.82, 2.24) is 4.90 Å². The van der Waals surface area contributed by atoms with Crippen molar-refractivity contribution < 1.29 is 29.0 Å². The molecule has 1 aliphatic heterocycles. The third-order valence-electron chi connectivity index (χ3n) is 4.24. The van der Waals surface area contributed by atoms with Gasteiger partial charge in [-0.15, -0.1) is 0 Å². The second-order valence-electron chi connectivity index (χ2n) is 6.06. The molecule has 1 N–H and O–H groups in total. The van der Waals surface area contributed by atoms with Gasteiger partial charge in [0.2, 0.25) is 0 Å². The highest BCUT2D eigenvalue weighted by Gasteiger charge is 2.31. The van der Waals surface area contributed by atoms with Crippen molar-refractivity contribution in [3.05, 3.63) is 28.8 Å². The highest BCUT2D eigenvalue weighted by Crippen LogP contribution is 2.23. The largest absolute Gasteiger partial charge is 0.507 e. The van der Waals surface area contributed by atoms with Gasteiger partial charge in [-0.25, -0.2) is 4.79 Å². The number of halogens is 1. The Morgan fingerprint density at radius 3 is 2.58 bits per heavy atom. The number of carbonyl (C=O) groups excluding carboxylic acids is 3. The van der Waals surface area contributed by atoms with Crippen LogP contribution >= 0.6 is 11.6 Å². The number of carbonyl (C=O) groups is 3. The molecule has 0 aliphatic carbocycles. The fourth-order valence-corrected chi connectivity index (χ4v) is 2.97. The van der Waals surface area contributed by atoms with Gasteiger partial charge in [0.1, 0.15) is 11.3 Å². The van der Waals surface area contributed by atoms with Gasteiger partial charge >= 0.3 is 11.9 Å². The number of likely N-dealkylation sites (tertiary alicyclic amines) is 1. The lowest BCUT2D eigenvalue weighted by atomic mass is 9.97. The van der Waals surface area contributed by atoms with Gasteiger partial charge in [0.15, 0.2) is 6.10 Å². The van der Waals surface area contributed by atoms with Crippen LogP contribution in [0.1, 0.15) is 37.0 Å². The molecule has 2 rings (SSSR count). The quantitative estimate of drug-likeness (QED) is 0.785. The molecule has 1 aromatic rings. The van der Waals surface area contributed by atoms with Gasteiger partial charge in [-0.05, 0) is 44.9 Å². The van der Waals surface area contributed by atoms with E-state index in [1.165, 1.54) is 25.1 Å². The van der Waals surface area contributed by atoms with Crippen LogP contribution in [0, 0.1) is 5.92 Å². The summed E-state index contributed by atoms with van der Waals surface area (Å²) in [5.41, 5.74) is -0.0989. The lowest BCUT2D eigenvalue weighted by Gasteiger charge is -2.32. The Labute approximate surface area is 156 Å². The Bertz CT molecular complexity index is 684. The zero-order chi connectivity index (χ0) is 19.3. The van der Waals surface area contributed by atoms with Crippen molar-refractivity contribution in [2.24, 2.45) is 5.92 Å². The molecule has 0 bridgehead atoms. The van der Waals surface area contributed by atoms with Crippen LogP contribution in [0.5, 0.6) is 5.75 Å². The molecule has 1 amide bonds. The highest BCUT2D eigenvalue weighted by atomic mass is 35.5. The molecule has 8 heteroatoms. The van der Waals surface area contributed by atoms with E-state index in [4.69, 9.17) is 21.1 Å². The van der Waals surface area contributed by atoms with Crippen LogP contribution in [0.15, 0.2) is 18.2 Å². The van der Waals surface area contributed by atoms with Gasteiger partial charge in [0, 0.05) is 18.1 Å². The highest BCUT2D eigenvalue weighted by molar-refractivity contribution is 6.31.